The van der Waals surface area contributed by atoms with E-state index in [2.05, 4.69) is 6.92 Å². The standard InChI is InChI=1S/C9H14ClNO2/c1-2-3-4-11-6-7(9(10)13)5-8(11)12/h7H,2-6H2,1H3. The van der Waals surface area contributed by atoms with E-state index >= 15 is 0 Å². The Hall–Kier alpha value is -0.570. The quantitative estimate of drug-likeness (QED) is 0.648. The summed E-state index contributed by atoms with van der Waals surface area (Å²) in [5.74, 6) is -0.210. The molecule has 1 amide bonds. The summed E-state index contributed by atoms with van der Waals surface area (Å²) in [6.45, 7) is 3.35. The maximum Gasteiger partial charge on any atom is 0.227 e. The van der Waals surface area contributed by atoms with Crippen LogP contribution in [0.15, 0.2) is 0 Å². The van der Waals surface area contributed by atoms with Gasteiger partial charge >= 0.3 is 0 Å². The van der Waals surface area contributed by atoms with Crippen molar-refractivity contribution < 1.29 is 9.59 Å². The first-order valence-corrected chi connectivity index (χ1v) is 5.00. The Balaban J connectivity index is 2.42. The van der Waals surface area contributed by atoms with Gasteiger partial charge in [-0.25, -0.2) is 0 Å². The minimum atomic E-state index is -0.382. The minimum Gasteiger partial charge on any atom is -0.342 e. The van der Waals surface area contributed by atoms with Gasteiger partial charge in [0.1, 0.15) is 0 Å². The smallest absolute Gasteiger partial charge is 0.227 e. The van der Waals surface area contributed by atoms with Gasteiger partial charge in [0, 0.05) is 19.5 Å². The molecule has 0 aromatic rings. The van der Waals surface area contributed by atoms with E-state index < -0.39 is 0 Å². The molecule has 0 bridgehead atoms. The lowest BCUT2D eigenvalue weighted by Crippen LogP contribution is -2.26. The second kappa shape index (κ2) is 4.61. The van der Waals surface area contributed by atoms with Crippen LogP contribution in [0, 0.1) is 5.92 Å². The molecule has 1 saturated heterocycles. The fourth-order valence-corrected chi connectivity index (χ4v) is 1.64. The molecule has 1 heterocycles. The van der Waals surface area contributed by atoms with Crippen LogP contribution in [0.4, 0.5) is 0 Å². The van der Waals surface area contributed by atoms with E-state index in [4.69, 9.17) is 11.6 Å². The second-order valence-corrected chi connectivity index (χ2v) is 3.77. The number of carbonyl (C=O) groups excluding carboxylic acids is 2. The molecule has 3 nitrogen and oxygen atoms in total. The summed E-state index contributed by atoms with van der Waals surface area (Å²) in [5.41, 5.74) is 0. The Morgan fingerprint density at radius 3 is 2.85 bits per heavy atom. The van der Waals surface area contributed by atoms with Crippen LogP contribution in [0.1, 0.15) is 26.2 Å². The van der Waals surface area contributed by atoms with E-state index in [1.54, 1.807) is 4.90 Å². The predicted octanol–water partition coefficient (Wildman–Crippen LogP) is 1.40. The van der Waals surface area contributed by atoms with Crippen LogP contribution < -0.4 is 0 Å². The minimum absolute atomic E-state index is 0.0625. The van der Waals surface area contributed by atoms with Gasteiger partial charge in [0.05, 0.1) is 5.92 Å². The van der Waals surface area contributed by atoms with E-state index in [0.29, 0.717) is 13.0 Å². The number of hydrogen-bond donors (Lipinski definition) is 0. The van der Waals surface area contributed by atoms with Gasteiger partial charge in [0.2, 0.25) is 11.1 Å². The van der Waals surface area contributed by atoms with Crippen LogP contribution in [0.2, 0.25) is 0 Å². The maximum atomic E-state index is 11.3. The number of hydrogen-bond acceptors (Lipinski definition) is 2. The maximum absolute atomic E-state index is 11.3. The van der Waals surface area contributed by atoms with E-state index in [0.717, 1.165) is 19.4 Å². The Kier molecular flexibility index (Phi) is 3.72. The summed E-state index contributed by atoms with van der Waals surface area (Å²) in [7, 11) is 0. The van der Waals surface area contributed by atoms with Gasteiger partial charge in [-0.15, -0.1) is 0 Å². The molecule has 0 aromatic heterocycles. The molecule has 74 valence electrons. The molecule has 0 spiro atoms. The lowest BCUT2D eigenvalue weighted by molar-refractivity contribution is -0.128. The number of halogens is 1. The van der Waals surface area contributed by atoms with Crippen LogP contribution in [0.3, 0.4) is 0 Å². The van der Waals surface area contributed by atoms with Gasteiger partial charge in [-0.1, -0.05) is 13.3 Å². The van der Waals surface area contributed by atoms with Crippen LogP contribution in [-0.4, -0.2) is 29.1 Å². The number of rotatable bonds is 4. The summed E-state index contributed by atoms with van der Waals surface area (Å²) < 4.78 is 0. The fraction of sp³-hybridized carbons (Fsp3) is 0.778. The summed E-state index contributed by atoms with van der Waals surface area (Å²) in [4.78, 5) is 23.8. The Morgan fingerprint density at radius 1 is 1.69 bits per heavy atom. The molecule has 0 aliphatic carbocycles. The van der Waals surface area contributed by atoms with E-state index in [-0.39, 0.29) is 17.1 Å². The highest BCUT2D eigenvalue weighted by molar-refractivity contribution is 6.64. The third kappa shape index (κ3) is 2.69. The largest absolute Gasteiger partial charge is 0.342 e. The van der Waals surface area contributed by atoms with Crippen molar-refractivity contribution in [3.8, 4) is 0 Å². The number of amides is 1. The summed E-state index contributed by atoms with van der Waals surface area (Å²) >= 11 is 5.33. The van der Waals surface area contributed by atoms with Crippen molar-refractivity contribution in [3.05, 3.63) is 0 Å². The van der Waals surface area contributed by atoms with E-state index in [1.807, 2.05) is 0 Å². The molecule has 4 heteroatoms. The van der Waals surface area contributed by atoms with E-state index in [1.165, 1.54) is 0 Å². The zero-order valence-electron chi connectivity index (χ0n) is 7.75. The van der Waals surface area contributed by atoms with Crippen LogP contribution in [0.25, 0.3) is 0 Å². The van der Waals surface area contributed by atoms with Crippen molar-refractivity contribution in [1.29, 1.82) is 0 Å². The Morgan fingerprint density at radius 2 is 2.38 bits per heavy atom. The fourth-order valence-electron chi connectivity index (χ4n) is 1.49. The normalized spacial score (nSPS) is 22.5. The highest BCUT2D eigenvalue weighted by Crippen LogP contribution is 2.20. The second-order valence-electron chi connectivity index (χ2n) is 3.40. The number of carbonyl (C=O) groups is 2. The van der Waals surface area contributed by atoms with Crippen molar-refractivity contribution in [3.63, 3.8) is 0 Å². The van der Waals surface area contributed by atoms with Crippen molar-refractivity contribution in [2.45, 2.75) is 26.2 Å². The Labute approximate surface area is 83.0 Å². The molecule has 1 unspecified atom stereocenters. The average molecular weight is 204 g/mol. The van der Waals surface area contributed by atoms with Crippen molar-refractivity contribution in [2.24, 2.45) is 5.92 Å². The summed E-state index contributed by atoms with van der Waals surface area (Å²) in [5, 5.41) is -0.382. The van der Waals surface area contributed by atoms with Gasteiger partial charge in [0.25, 0.3) is 0 Å². The molecular formula is C9H14ClNO2. The molecule has 0 saturated carbocycles. The van der Waals surface area contributed by atoms with Gasteiger partial charge in [-0.2, -0.15) is 0 Å². The lowest BCUT2D eigenvalue weighted by Gasteiger charge is -2.14. The van der Waals surface area contributed by atoms with Gasteiger partial charge in [-0.3, -0.25) is 9.59 Å². The molecule has 1 atom stereocenters. The molecule has 13 heavy (non-hydrogen) atoms. The average Bonchev–Trinajstić information content (AvgIpc) is 2.44. The molecule has 1 aliphatic rings. The zero-order chi connectivity index (χ0) is 9.84. The highest BCUT2D eigenvalue weighted by Gasteiger charge is 2.32. The number of unbranched alkanes of at least 4 members (excludes halogenated alkanes) is 1. The monoisotopic (exact) mass is 203 g/mol. The van der Waals surface area contributed by atoms with Crippen LogP contribution >= 0.6 is 11.6 Å². The zero-order valence-corrected chi connectivity index (χ0v) is 8.51. The first kappa shape index (κ1) is 10.5. The number of nitrogens with zero attached hydrogens (tertiary/aromatic N) is 1. The van der Waals surface area contributed by atoms with Crippen LogP contribution in [-0.2, 0) is 9.59 Å². The van der Waals surface area contributed by atoms with Crippen molar-refractivity contribution in [1.82, 2.24) is 4.90 Å². The van der Waals surface area contributed by atoms with Crippen LogP contribution in [0.5, 0.6) is 0 Å². The van der Waals surface area contributed by atoms with Crippen molar-refractivity contribution in [2.75, 3.05) is 13.1 Å². The third-order valence-corrected chi connectivity index (χ3v) is 2.63. The molecule has 0 aromatic carbocycles. The van der Waals surface area contributed by atoms with Gasteiger partial charge in [0.15, 0.2) is 0 Å². The molecule has 1 fully saturated rings. The third-order valence-electron chi connectivity index (χ3n) is 2.32. The first-order chi connectivity index (χ1) is 6.15. The number of likely N-dealkylation sites (tertiary alicyclic amines) is 1. The van der Waals surface area contributed by atoms with Gasteiger partial charge < -0.3 is 4.90 Å². The first-order valence-electron chi connectivity index (χ1n) is 4.62. The van der Waals surface area contributed by atoms with E-state index in [9.17, 15) is 9.59 Å². The summed E-state index contributed by atoms with van der Waals surface area (Å²) in [6, 6.07) is 0. The lowest BCUT2D eigenvalue weighted by atomic mass is 10.1. The topological polar surface area (TPSA) is 37.4 Å². The highest BCUT2D eigenvalue weighted by atomic mass is 35.5. The molecule has 1 rings (SSSR count). The molecule has 0 N–H and O–H groups in total. The SMILES string of the molecule is CCCCN1CC(C(=O)Cl)CC1=O. The predicted molar refractivity (Wildman–Crippen MR) is 50.5 cm³/mol. The van der Waals surface area contributed by atoms with Crippen molar-refractivity contribution >= 4 is 22.8 Å². The molecule has 0 radical (unpaired) electrons. The Bertz CT molecular complexity index is 218. The molecule has 1 aliphatic heterocycles. The van der Waals surface area contributed by atoms with Gasteiger partial charge in [-0.05, 0) is 18.0 Å². The summed E-state index contributed by atoms with van der Waals surface area (Å²) in [6.07, 6.45) is 2.35. The molecular weight excluding hydrogens is 190 g/mol.